The molecule has 0 aliphatic carbocycles. The minimum Gasteiger partial charge on any atom is -0.281 e. The third-order valence-electron chi connectivity index (χ3n) is 2.21. The summed E-state index contributed by atoms with van der Waals surface area (Å²) in [5, 5.41) is 1.36. The van der Waals surface area contributed by atoms with Crippen molar-refractivity contribution in [2.24, 2.45) is 0 Å². The van der Waals surface area contributed by atoms with Gasteiger partial charge in [-0.3, -0.25) is 9.27 Å². The molecule has 2 rings (SSSR count). The Morgan fingerprint density at radius 1 is 1.15 bits per heavy atom. The fourth-order valence-electron chi connectivity index (χ4n) is 1.41. The summed E-state index contributed by atoms with van der Waals surface area (Å²) in [5.74, 6) is 0. The molecule has 0 saturated heterocycles. The number of halogens is 1. The highest BCUT2D eigenvalue weighted by Crippen LogP contribution is 2.29. The Kier molecular flexibility index (Phi) is 4.21. The molecule has 0 saturated carbocycles. The van der Waals surface area contributed by atoms with Crippen molar-refractivity contribution in [3.05, 3.63) is 40.2 Å². The maximum Gasteiger partial charge on any atom is 0.306 e. The molecule has 0 radical (unpaired) electrons. The average Bonchev–Trinajstić information content (AvgIpc) is 2.76. The van der Waals surface area contributed by atoms with Crippen molar-refractivity contribution in [1.29, 1.82) is 0 Å². The van der Waals surface area contributed by atoms with Gasteiger partial charge in [-0.05, 0) is 29.6 Å². The molecule has 0 aliphatic heterocycles. The summed E-state index contributed by atoms with van der Waals surface area (Å²) in [6, 6.07) is 7.21. The maximum absolute atomic E-state index is 12.1. The van der Waals surface area contributed by atoms with Crippen LogP contribution < -0.4 is 4.72 Å². The van der Waals surface area contributed by atoms with Crippen molar-refractivity contribution in [2.75, 3.05) is 4.72 Å². The number of hydrogen-bond donors (Lipinski definition) is 2. The molecule has 10 heteroatoms. The van der Waals surface area contributed by atoms with E-state index in [0.29, 0.717) is 4.47 Å². The lowest BCUT2D eigenvalue weighted by molar-refractivity contribution is 0.486. The zero-order valence-electron chi connectivity index (χ0n) is 9.65. The van der Waals surface area contributed by atoms with Crippen LogP contribution in [0.4, 0.5) is 5.69 Å². The molecule has 0 fully saturated rings. The highest BCUT2D eigenvalue weighted by atomic mass is 79.9. The first-order valence-electron chi connectivity index (χ1n) is 5.03. The van der Waals surface area contributed by atoms with E-state index in [1.54, 1.807) is 6.07 Å². The second kappa shape index (κ2) is 5.45. The Balaban J connectivity index is 2.42. The maximum atomic E-state index is 12.1. The van der Waals surface area contributed by atoms with Crippen LogP contribution in [0.25, 0.3) is 0 Å². The van der Waals surface area contributed by atoms with E-state index in [9.17, 15) is 16.8 Å². The number of nitrogens with one attached hydrogen (secondary N) is 1. The van der Waals surface area contributed by atoms with Gasteiger partial charge in [0.25, 0.3) is 10.0 Å². The van der Waals surface area contributed by atoms with Crippen LogP contribution in [-0.2, 0) is 20.1 Å². The van der Waals surface area contributed by atoms with Crippen molar-refractivity contribution in [3.8, 4) is 0 Å². The molecule has 1 aromatic heterocycles. The highest BCUT2D eigenvalue weighted by Gasteiger charge is 2.22. The van der Waals surface area contributed by atoms with Crippen molar-refractivity contribution in [1.82, 2.24) is 0 Å². The molecule has 2 aromatic rings. The van der Waals surface area contributed by atoms with Gasteiger partial charge in [-0.2, -0.15) is 8.42 Å². The Morgan fingerprint density at radius 2 is 1.85 bits per heavy atom. The molecule has 2 N–H and O–H groups in total. The topological polar surface area (TPSA) is 101 Å². The summed E-state index contributed by atoms with van der Waals surface area (Å²) in [7, 11) is -8.41. The molecule has 6 nitrogen and oxygen atoms in total. The summed E-state index contributed by atoms with van der Waals surface area (Å²) in [5.41, 5.74) is -0.183. The zero-order chi connectivity index (χ0) is 15.0. The van der Waals surface area contributed by atoms with Gasteiger partial charge in [-0.15, -0.1) is 11.3 Å². The SMILES string of the molecule is O=S(=O)(O)c1sccc1NS(=O)(=O)c1cccc(Br)c1. The summed E-state index contributed by atoms with van der Waals surface area (Å²) in [6.07, 6.45) is 0. The molecule has 1 heterocycles. The van der Waals surface area contributed by atoms with Crippen molar-refractivity contribution >= 4 is 53.1 Å². The third-order valence-corrected chi connectivity index (χ3v) is 6.39. The van der Waals surface area contributed by atoms with Crippen molar-refractivity contribution in [2.45, 2.75) is 9.10 Å². The minimum atomic E-state index is -4.47. The normalized spacial score (nSPS) is 12.3. The van der Waals surface area contributed by atoms with E-state index in [0.717, 1.165) is 11.3 Å². The number of anilines is 1. The first-order valence-corrected chi connectivity index (χ1v) is 9.63. The average molecular weight is 398 g/mol. The van der Waals surface area contributed by atoms with Gasteiger partial charge in [-0.1, -0.05) is 22.0 Å². The zero-order valence-corrected chi connectivity index (χ0v) is 13.7. The quantitative estimate of drug-likeness (QED) is 0.771. The van der Waals surface area contributed by atoms with Gasteiger partial charge >= 0.3 is 10.1 Å². The molecule has 0 bridgehead atoms. The van der Waals surface area contributed by atoms with E-state index in [-0.39, 0.29) is 10.6 Å². The molecule has 0 spiro atoms. The van der Waals surface area contributed by atoms with Gasteiger partial charge in [0.15, 0.2) is 4.21 Å². The first-order chi connectivity index (χ1) is 9.20. The van der Waals surface area contributed by atoms with Gasteiger partial charge in [0.1, 0.15) is 0 Å². The van der Waals surface area contributed by atoms with Crippen LogP contribution in [0, 0.1) is 0 Å². The highest BCUT2D eigenvalue weighted by molar-refractivity contribution is 9.10. The minimum absolute atomic E-state index is 0.0284. The van der Waals surface area contributed by atoms with E-state index < -0.39 is 24.4 Å². The lowest BCUT2D eigenvalue weighted by atomic mass is 10.4. The summed E-state index contributed by atoms with van der Waals surface area (Å²) < 4.78 is 57.8. The van der Waals surface area contributed by atoms with Crippen molar-refractivity contribution < 1.29 is 21.4 Å². The van der Waals surface area contributed by atoms with E-state index in [4.69, 9.17) is 4.55 Å². The second-order valence-corrected chi connectivity index (χ2v) is 8.79. The predicted octanol–water partition coefficient (Wildman–Crippen LogP) is 2.56. The monoisotopic (exact) mass is 397 g/mol. The van der Waals surface area contributed by atoms with E-state index >= 15 is 0 Å². The van der Waals surface area contributed by atoms with Gasteiger partial charge in [-0.25, -0.2) is 8.42 Å². The van der Waals surface area contributed by atoms with Gasteiger partial charge in [0, 0.05) is 4.47 Å². The van der Waals surface area contributed by atoms with Crippen LogP contribution in [0.5, 0.6) is 0 Å². The lowest BCUT2D eigenvalue weighted by Crippen LogP contribution is -2.14. The molecule has 0 amide bonds. The largest absolute Gasteiger partial charge is 0.306 e. The Hall–Kier alpha value is -0.940. The standard InChI is InChI=1S/C10H8BrNO5S3/c11-7-2-1-3-8(6-7)19(13,14)12-9-4-5-18-10(9)20(15,16)17/h1-6,12H,(H,15,16,17). The Labute approximate surface area is 128 Å². The van der Waals surface area contributed by atoms with Crippen LogP contribution in [0.3, 0.4) is 0 Å². The van der Waals surface area contributed by atoms with E-state index in [2.05, 4.69) is 20.7 Å². The Bertz CT molecular complexity index is 841. The molecule has 0 atom stereocenters. The number of benzene rings is 1. The van der Waals surface area contributed by atoms with Crippen LogP contribution >= 0.6 is 27.3 Å². The second-order valence-electron chi connectivity index (χ2n) is 3.66. The molecule has 20 heavy (non-hydrogen) atoms. The van der Waals surface area contributed by atoms with Crippen LogP contribution in [0.2, 0.25) is 0 Å². The predicted molar refractivity (Wildman–Crippen MR) is 79.1 cm³/mol. The summed E-state index contributed by atoms with van der Waals surface area (Å²) in [4.78, 5) is -0.0284. The third kappa shape index (κ3) is 3.38. The molecule has 108 valence electrons. The Morgan fingerprint density at radius 3 is 2.45 bits per heavy atom. The number of sulfonamides is 1. The number of hydrogen-bond acceptors (Lipinski definition) is 5. The molecule has 0 unspecified atom stereocenters. The van der Waals surface area contributed by atoms with Crippen molar-refractivity contribution in [3.63, 3.8) is 0 Å². The van der Waals surface area contributed by atoms with Crippen LogP contribution in [0.15, 0.2) is 49.3 Å². The molecule has 1 aromatic carbocycles. The van der Waals surface area contributed by atoms with E-state index in [1.807, 2.05) is 0 Å². The first kappa shape index (κ1) is 15.4. The molecule has 0 aliphatic rings. The number of thiophene rings is 1. The number of rotatable bonds is 4. The van der Waals surface area contributed by atoms with E-state index in [1.165, 1.54) is 29.6 Å². The van der Waals surface area contributed by atoms with Crippen LogP contribution in [-0.4, -0.2) is 21.4 Å². The van der Waals surface area contributed by atoms with Crippen LogP contribution in [0.1, 0.15) is 0 Å². The summed E-state index contributed by atoms with van der Waals surface area (Å²) >= 11 is 3.87. The fourth-order valence-corrected chi connectivity index (χ4v) is 4.83. The van der Waals surface area contributed by atoms with Gasteiger partial charge < -0.3 is 0 Å². The fraction of sp³-hybridized carbons (Fsp3) is 0. The van der Waals surface area contributed by atoms with Gasteiger partial charge in [0.05, 0.1) is 10.6 Å². The smallest absolute Gasteiger partial charge is 0.281 e. The summed E-state index contributed by atoms with van der Waals surface area (Å²) in [6.45, 7) is 0. The molecular weight excluding hydrogens is 390 g/mol. The van der Waals surface area contributed by atoms with Gasteiger partial charge in [0.2, 0.25) is 0 Å². The lowest BCUT2D eigenvalue weighted by Gasteiger charge is -2.08. The molecular formula is C10H8BrNO5S3.